The Kier molecular flexibility index (Phi) is 6.68. The lowest BCUT2D eigenvalue weighted by Gasteiger charge is -2.23. The van der Waals surface area contributed by atoms with Gasteiger partial charge in [0.1, 0.15) is 12.4 Å². The van der Waals surface area contributed by atoms with Crippen LogP contribution in [0.3, 0.4) is 0 Å². The standard InChI is InChI=1S/C19H21ClF3NO3S/c1-11-5-6-15(20)16(9-11)27-10-17(19(21,22)23)24-28(25,26)18-13(3)7-12(2)8-14(18)4/h5-9,17,24H,10H2,1-4H3. The van der Waals surface area contributed by atoms with Gasteiger partial charge in [0, 0.05) is 0 Å². The molecule has 4 nitrogen and oxygen atoms in total. The van der Waals surface area contributed by atoms with E-state index in [4.69, 9.17) is 16.3 Å². The van der Waals surface area contributed by atoms with Crippen molar-refractivity contribution in [1.82, 2.24) is 4.72 Å². The number of nitrogens with one attached hydrogen (secondary N) is 1. The third kappa shape index (κ3) is 5.40. The van der Waals surface area contributed by atoms with Crippen molar-refractivity contribution in [3.8, 4) is 5.75 Å². The van der Waals surface area contributed by atoms with E-state index in [2.05, 4.69) is 0 Å². The Morgan fingerprint density at radius 3 is 2.14 bits per heavy atom. The Hall–Kier alpha value is -1.77. The number of aryl methyl sites for hydroxylation is 4. The van der Waals surface area contributed by atoms with Gasteiger partial charge in [-0.05, 0) is 56.5 Å². The lowest BCUT2D eigenvalue weighted by atomic mass is 10.1. The maximum atomic E-state index is 13.5. The average molecular weight is 436 g/mol. The van der Waals surface area contributed by atoms with Crippen molar-refractivity contribution in [3.05, 3.63) is 57.6 Å². The van der Waals surface area contributed by atoms with Crippen LogP contribution in [0, 0.1) is 27.7 Å². The summed E-state index contributed by atoms with van der Waals surface area (Å²) in [4.78, 5) is -0.166. The molecule has 0 spiro atoms. The molecule has 0 bridgehead atoms. The van der Waals surface area contributed by atoms with Crippen LogP contribution >= 0.6 is 11.6 Å². The molecule has 1 unspecified atom stereocenters. The molecule has 0 aliphatic heterocycles. The molecule has 0 aliphatic rings. The van der Waals surface area contributed by atoms with Crippen molar-refractivity contribution < 1.29 is 26.3 Å². The minimum Gasteiger partial charge on any atom is -0.490 e. The van der Waals surface area contributed by atoms with Crippen molar-refractivity contribution in [1.29, 1.82) is 0 Å². The lowest BCUT2D eigenvalue weighted by molar-refractivity contribution is -0.157. The molecule has 0 heterocycles. The molecule has 0 radical (unpaired) electrons. The Bertz CT molecular complexity index is 952. The number of sulfonamides is 1. The average Bonchev–Trinajstić information content (AvgIpc) is 2.51. The molecular weight excluding hydrogens is 415 g/mol. The molecule has 154 valence electrons. The SMILES string of the molecule is Cc1cc(C)c(S(=O)(=O)NC(COc2cc(C)ccc2Cl)C(F)(F)F)c(C)c1. The fourth-order valence-corrected chi connectivity index (χ4v) is 4.76. The van der Waals surface area contributed by atoms with Gasteiger partial charge in [0.05, 0.1) is 9.92 Å². The summed E-state index contributed by atoms with van der Waals surface area (Å²) in [6, 6.07) is 5.44. The van der Waals surface area contributed by atoms with Gasteiger partial charge in [0.15, 0.2) is 6.04 Å². The van der Waals surface area contributed by atoms with Gasteiger partial charge in [-0.15, -0.1) is 0 Å². The Morgan fingerprint density at radius 1 is 1.04 bits per heavy atom. The van der Waals surface area contributed by atoms with Crippen molar-refractivity contribution in [2.24, 2.45) is 0 Å². The third-order valence-electron chi connectivity index (χ3n) is 4.06. The van der Waals surface area contributed by atoms with Crippen molar-refractivity contribution in [2.45, 2.75) is 44.8 Å². The number of benzene rings is 2. The van der Waals surface area contributed by atoms with E-state index in [0.29, 0.717) is 11.1 Å². The number of halogens is 4. The highest BCUT2D eigenvalue weighted by atomic mass is 35.5. The number of alkyl halides is 3. The van der Waals surface area contributed by atoms with Crippen LogP contribution in [0.15, 0.2) is 35.2 Å². The van der Waals surface area contributed by atoms with E-state index in [1.807, 2.05) is 0 Å². The van der Waals surface area contributed by atoms with Crippen molar-refractivity contribution in [3.63, 3.8) is 0 Å². The van der Waals surface area contributed by atoms with Crippen molar-refractivity contribution >= 4 is 21.6 Å². The number of rotatable bonds is 6. The van der Waals surface area contributed by atoms with Gasteiger partial charge in [-0.1, -0.05) is 35.4 Å². The first-order valence-electron chi connectivity index (χ1n) is 8.37. The third-order valence-corrected chi connectivity index (χ3v) is 6.15. The molecule has 9 heteroatoms. The molecular formula is C19H21ClF3NO3S. The Morgan fingerprint density at radius 2 is 1.61 bits per heavy atom. The van der Waals surface area contributed by atoms with Gasteiger partial charge in [-0.2, -0.15) is 17.9 Å². The summed E-state index contributed by atoms with van der Waals surface area (Å²) in [5.74, 6) is 0.0535. The zero-order chi connectivity index (χ0) is 21.3. The molecule has 0 aromatic heterocycles. The maximum absolute atomic E-state index is 13.5. The highest BCUT2D eigenvalue weighted by Gasteiger charge is 2.43. The first kappa shape index (κ1) is 22.5. The minimum atomic E-state index is -4.85. The number of hydrogen-bond acceptors (Lipinski definition) is 3. The second kappa shape index (κ2) is 8.31. The Balaban J connectivity index is 2.31. The van der Waals surface area contributed by atoms with E-state index in [0.717, 1.165) is 11.1 Å². The second-order valence-electron chi connectivity index (χ2n) is 6.69. The van der Waals surface area contributed by atoms with E-state index in [1.54, 1.807) is 50.6 Å². The van der Waals surface area contributed by atoms with E-state index >= 15 is 0 Å². The van der Waals surface area contributed by atoms with Crippen LogP contribution in [-0.2, 0) is 10.0 Å². The molecule has 2 rings (SSSR count). The fourth-order valence-electron chi connectivity index (χ4n) is 2.93. The van der Waals surface area contributed by atoms with Crippen LogP contribution in [0.4, 0.5) is 13.2 Å². The van der Waals surface area contributed by atoms with E-state index in [1.165, 1.54) is 12.1 Å². The van der Waals surface area contributed by atoms with Crippen LogP contribution in [-0.4, -0.2) is 27.2 Å². The zero-order valence-corrected chi connectivity index (χ0v) is 17.4. The first-order chi connectivity index (χ1) is 12.8. The number of hydrogen-bond donors (Lipinski definition) is 1. The topological polar surface area (TPSA) is 55.4 Å². The number of ether oxygens (including phenoxy) is 1. The minimum absolute atomic E-state index is 0.0535. The molecule has 2 aromatic carbocycles. The normalized spacial score (nSPS) is 13.4. The van der Waals surface area contributed by atoms with Gasteiger partial charge in [-0.25, -0.2) is 8.42 Å². The molecule has 1 atom stereocenters. The predicted molar refractivity (Wildman–Crippen MR) is 103 cm³/mol. The Labute approximate surface area is 167 Å². The summed E-state index contributed by atoms with van der Waals surface area (Å²) < 4.78 is 72.7. The summed E-state index contributed by atoms with van der Waals surface area (Å²) in [5, 5.41) is 0.139. The summed E-state index contributed by atoms with van der Waals surface area (Å²) in [7, 11) is -4.43. The van der Waals surface area contributed by atoms with E-state index in [-0.39, 0.29) is 15.7 Å². The zero-order valence-electron chi connectivity index (χ0n) is 15.8. The van der Waals surface area contributed by atoms with E-state index in [9.17, 15) is 21.6 Å². The van der Waals surface area contributed by atoms with Crippen LogP contribution in [0.25, 0.3) is 0 Å². The summed E-state index contributed by atoms with van der Waals surface area (Å²) >= 11 is 5.93. The molecule has 0 amide bonds. The van der Waals surface area contributed by atoms with Gasteiger partial charge >= 0.3 is 6.18 Å². The quantitative estimate of drug-likeness (QED) is 0.704. The van der Waals surface area contributed by atoms with Crippen LogP contribution in [0.1, 0.15) is 22.3 Å². The molecule has 0 saturated heterocycles. The molecule has 2 aromatic rings. The largest absolute Gasteiger partial charge is 0.490 e. The maximum Gasteiger partial charge on any atom is 0.408 e. The molecule has 28 heavy (non-hydrogen) atoms. The summed E-state index contributed by atoms with van der Waals surface area (Å²) in [6.07, 6.45) is -4.85. The molecule has 0 saturated carbocycles. The van der Waals surface area contributed by atoms with Gasteiger partial charge in [0.2, 0.25) is 10.0 Å². The van der Waals surface area contributed by atoms with E-state index < -0.39 is 28.8 Å². The van der Waals surface area contributed by atoms with Gasteiger partial charge < -0.3 is 4.74 Å². The fraction of sp³-hybridized carbons (Fsp3) is 0.368. The lowest BCUT2D eigenvalue weighted by Crippen LogP contribution is -2.49. The first-order valence-corrected chi connectivity index (χ1v) is 10.2. The van der Waals surface area contributed by atoms with Crippen LogP contribution in [0.5, 0.6) is 5.75 Å². The monoisotopic (exact) mass is 435 g/mol. The van der Waals surface area contributed by atoms with Crippen LogP contribution in [0.2, 0.25) is 5.02 Å². The highest BCUT2D eigenvalue weighted by Crippen LogP contribution is 2.29. The molecule has 0 aliphatic carbocycles. The smallest absolute Gasteiger partial charge is 0.408 e. The summed E-state index contributed by atoms with van der Waals surface area (Å²) in [6.45, 7) is 5.65. The second-order valence-corrected chi connectivity index (χ2v) is 8.75. The van der Waals surface area contributed by atoms with Crippen molar-refractivity contribution in [2.75, 3.05) is 6.61 Å². The highest BCUT2D eigenvalue weighted by molar-refractivity contribution is 7.89. The van der Waals surface area contributed by atoms with Gasteiger partial charge in [-0.3, -0.25) is 0 Å². The van der Waals surface area contributed by atoms with Gasteiger partial charge in [0.25, 0.3) is 0 Å². The molecule has 1 N–H and O–H groups in total. The van der Waals surface area contributed by atoms with Crippen LogP contribution < -0.4 is 9.46 Å². The summed E-state index contributed by atoms with van der Waals surface area (Å²) in [5.41, 5.74) is 2.30. The predicted octanol–water partition coefficient (Wildman–Crippen LogP) is 4.86. The molecule has 0 fully saturated rings.